The lowest BCUT2D eigenvalue weighted by Gasteiger charge is -2.37. The second-order valence-corrected chi connectivity index (χ2v) is 13.1. The minimum absolute atomic E-state index is 0.00258. The van der Waals surface area contributed by atoms with Gasteiger partial charge in [-0.2, -0.15) is 13.2 Å². The number of halogens is 5. The van der Waals surface area contributed by atoms with Gasteiger partial charge in [0.25, 0.3) is 0 Å². The Labute approximate surface area is 246 Å². The summed E-state index contributed by atoms with van der Waals surface area (Å²) in [5.41, 5.74) is -2.81. The van der Waals surface area contributed by atoms with Crippen molar-refractivity contribution in [1.82, 2.24) is 15.1 Å². The maximum absolute atomic E-state index is 14.1. The van der Waals surface area contributed by atoms with Crippen LogP contribution in [0.15, 0.2) is 18.2 Å². The molecule has 1 aromatic rings. The molecule has 0 aliphatic carbocycles. The molecule has 2 fully saturated rings. The summed E-state index contributed by atoms with van der Waals surface area (Å²) < 4.78 is 61.0. The summed E-state index contributed by atoms with van der Waals surface area (Å²) in [6.45, 7) is 11.0. The number of hydrogen-bond acceptors (Lipinski definition) is 5. The van der Waals surface area contributed by atoms with Gasteiger partial charge in [0.2, 0.25) is 5.91 Å². The summed E-state index contributed by atoms with van der Waals surface area (Å²) in [5.74, 6) is -1.18. The fraction of sp³-hybridized carbons (Fsp3) is 0.733. The number of piperidine rings is 1. The summed E-state index contributed by atoms with van der Waals surface area (Å²) in [4.78, 5) is 30.8. The zero-order valence-corrected chi connectivity index (χ0v) is 25.5. The molecule has 232 valence electrons. The summed E-state index contributed by atoms with van der Waals surface area (Å²) in [7, 11) is 0. The van der Waals surface area contributed by atoms with Crippen LogP contribution in [-0.2, 0) is 27.0 Å². The van der Waals surface area contributed by atoms with Crippen molar-refractivity contribution in [2.45, 2.75) is 97.3 Å². The topological polar surface area (TPSA) is 61.9 Å². The molecule has 0 spiro atoms. The summed E-state index contributed by atoms with van der Waals surface area (Å²) in [5, 5.41) is 3.13. The third-order valence-corrected chi connectivity index (χ3v) is 8.45. The molecule has 0 saturated carbocycles. The minimum atomic E-state index is -4.58. The highest BCUT2D eigenvalue weighted by molar-refractivity contribution is 6.31. The molecular weight excluding hydrogens is 562 g/mol. The number of likely N-dealkylation sites (tertiary alicyclic amines) is 2. The van der Waals surface area contributed by atoms with Crippen molar-refractivity contribution in [3.63, 3.8) is 0 Å². The lowest BCUT2D eigenvalue weighted by atomic mass is 9.75. The van der Waals surface area contributed by atoms with E-state index in [0.717, 1.165) is 12.5 Å². The monoisotopic (exact) mass is 605 g/mol. The Hall–Kier alpha value is -1.91. The van der Waals surface area contributed by atoms with Gasteiger partial charge in [-0.05, 0) is 63.6 Å². The van der Waals surface area contributed by atoms with Crippen LogP contribution in [0.25, 0.3) is 0 Å². The summed E-state index contributed by atoms with van der Waals surface area (Å²) in [6.07, 6.45) is -3.02. The Bertz CT molecular complexity index is 1060. The molecule has 0 aromatic heterocycles. The van der Waals surface area contributed by atoms with Crippen LogP contribution < -0.4 is 5.32 Å². The Kier molecular flexibility index (Phi) is 11.1. The number of benzene rings is 1. The predicted molar refractivity (Wildman–Crippen MR) is 151 cm³/mol. The average molecular weight is 606 g/mol. The van der Waals surface area contributed by atoms with Crippen molar-refractivity contribution >= 4 is 23.5 Å². The molecule has 3 rings (SSSR count). The number of carbonyl (C=O) groups excluding carboxylic acids is 2. The molecule has 11 heteroatoms. The van der Waals surface area contributed by atoms with Gasteiger partial charge in [-0.25, -0.2) is 4.39 Å². The molecule has 1 N–H and O–H groups in total. The first-order valence-corrected chi connectivity index (χ1v) is 14.9. The van der Waals surface area contributed by atoms with Crippen molar-refractivity contribution in [2.24, 2.45) is 11.3 Å². The molecule has 3 atom stereocenters. The molecule has 2 aliphatic heterocycles. The van der Waals surface area contributed by atoms with Gasteiger partial charge in [0.1, 0.15) is 11.8 Å². The standard InChI is InChI=1S/C30H44ClF4N3O3/c1-6-8-21(32)17-37-13-11-22(12-14-37)36-27(40)29(15-26(39)41-28(3,4)5)19-38(16-20(29)2)18-23-24(30(33,34)35)9-7-10-25(23)31/h7,9-10,20-22H,6,8,11-19H2,1-5H3,(H,36,40)/t20-,21?,29-/m0/s1. The van der Waals surface area contributed by atoms with Crippen LogP contribution in [0.3, 0.4) is 0 Å². The first-order chi connectivity index (χ1) is 19.0. The predicted octanol–water partition coefficient (Wildman–Crippen LogP) is 6.25. The number of esters is 1. The van der Waals surface area contributed by atoms with E-state index in [1.165, 1.54) is 12.1 Å². The molecule has 6 nitrogen and oxygen atoms in total. The van der Waals surface area contributed by atoms with E-state index in [-0.39, 0.29) is 48.0 Å². The van der Waals surface area contributed by atoms with Gasteiger partial charge < -0.3 is 15.0 Å². The van der Waals surface area contributed by atoms with Crippen molar-refractivity contribution in [3.8, 4) is 0 Å². The van der Waals surface area contributed by atoms with Gasteiger partial charge in [0, 0.05) is 50.3 Å². The Morgan fingerprint density at radius 2 is 1.83 bits per heavy atom. The van der Waals surface area contributed by atoms with Gasteiger partial charge in [-0.1, -0.05) is 37.9 Å². The van der Waals surface area contributed by atoms with Crippen LogP contribution in [0, 0.1) is 11.3 Å². The van der Waals surface area contributed by atoms with E-state index in [1.54, 1.807) is 25.7 Å². The van der Waals surface area contributed by atoms with Crippen molar-refractivity contribution in [3.05, 3.63) is 34.3 Å². The van der Waals surface area contributed by atoms with E-state index in [1.807, 2.05) is 13.8 Å². The second kappa shape index (κ2) is 13.6. The van der Waals surface area contributed by atoms with Gasteiger partial charge in [0.15, 0.2) is 0 Å². The van der Waals surface area contributed by atoms with E-state index >= 15 is 0 Å². The fourth-order valence-corrected chi connectivity index (χ4v) is 6.26. The second-order valence-electron chi connectivity index (χ2n) is 12.7. The number of alkyl halides is 4. The Morgan fingerprint density at radius 3 is 2.41 bits per heavy atom. The summed E-state index contributed by atoms with van der Waals surface area (Å²) >= 11 is 6.22. The van der Waals surface area contributed by atoms with Crippen molar-refractivity contribution in [2.75, 3.05) is 32.7 Å². The fourth-order valence-electron chi connectivity index (χ4n) is 6.03. The highest BCUT2D eigenvalue weighted by Crippen LogP contribution is 2.43. The first kappa shape index (κ1) is 33.6. The quantitative estimate of drug-likeness (QED) is 0.252. The van der Waals surface area contributed by atoms with Crippen molar-refractivity contribution in [1.29, 1.82) is 0 Å². The van der Waals surface area contributed by atoms with Gasteiger partial charge in [-0.3, -0.25) is 14.5 Å². The molecule has 2 aliphatic rings. The van der Waals surface area contributed by atoms with E-state index < -0.39 is 34.9 Å². The molecule has 1 unspecified atom stereocenters. The SMILES string of the molecule is CCCC(F)CN1CCC(NC(=O)[C@@]2(CC(=O)OC(C)(C)C)CN(Cc3c(Cl)cccc3C(F)(F)F)C[C@@H]2C)CC1. The van der Waals surface area contributed by atoms with Crippen LogP contribution in [0.2, 0.25) is 5.02 Å². The van der Waals surface area contributed by atoms with Crippen LogP contribution in [-0.4, -0.2) is 72.2 Å². The van der Waals surface area contributed by atoms with Gasteiger partial charge >= 0.3 is 12.1 Å². The number of rotatable bonds is 10. The number of hydrogen-bond donors (Lipinski definition) is 1. The number of carbonyl (C=O) groups is 2. The molecule has 2 saturated heterocycles. The molecular formula is C30H44ClF4N3O3. The molecule has 0 bridgehead atoms. The molecule has 41 heavy (non-hydrogen) atoms. The zero-order chi connectivity index (χ0) is 30.6. The lowest BCUT2D eigenvalue weighted by molar-refractivity contribution is -0.161. The maximum atomic E-state index is 14.1. The number of nitrogens with one attached hydrogen (secondary N) is 1. The van der Waals surface area contributed by atoms with Gasteiger partial charge in [-0.15, -0.1) is 0 Å². The van der Waals surface area contributed by atoms with Crippen LogP contribution in [0.1, 0.15) is 77.8 Å². The van der Waals surface area contributed by atoms with Crippen LogP contribution in [0.5, 0.6) is 0 Å². The number of ether oxygens (including phenoxy) is 1. The molecule has 0 radical (unpaired) electrons. The average Bonchev–Trinajstić information content (AvgIpc) is 3.15. The third kappa shape index (κ3) is 9.04. The number of amides is 1. The van der Waals surface area contributed by atoms with Crippen LogP contribution >= 0.6 is 11.6 Å². The smallest absolute Gasteiger partial charge is 0.416 e. The first-order valence-electron chi connectivity index (χ1n) is 14.5. The maximum Gasteiger partial charge on any atom is 0.416 e. The minimum Gasteiger partial charge on any atom is -0.460 e. The van der Waals surface area contributed by atoms with Crippen LogP contribution in [0.4, 0.5) is 17.6 Å². The van der Waals surface area contributed by atoms with E-state index in [0.29, 0.717) is 45.4 Å². The van der Waals surface area contributed by atoms with Gasteiger partial charge in [0.05, 0.1) is 17.4 Å². The highest BCUT2D eigenvalue weighted by Gasteiger charge is 2.52. The number of nitrogens with zero attached hydrogens (tertiary/aromatic N) is 2. The molecule has 2 heterocycles. The highest BCUT2D eigenvalue weighted by atomic mass is 35.5. The van der Waals surface area contributed by atoms with E-state index in [2.05, 4.69) is 10.2 Å². The normalized spacial score (nSPS) is 23.9. The Morgan fingerprint density at radius 1 is 1.17 bits per heavy atom. The van der Waals surface area contributed by atoms with E-state index in [9.17, 15) is 27.2 Å². The Balaban J connectivity index is 1.78. The largest absolute Gasteiger partial charge is 0.460 e. The summed E-state index contributed by atoms with van der Waals surface area (Å²) in [6, 6.07) is 3.55. The molecule has 1 aromatic carbocycles. The zero-order valence-electron chi connectivity index (χ0n) is 24.8. The lowest BCUT2D eigenvalue weighted by Crippen LogP contribution is -2.53. The van der Waals surface area contributed by atoms with E-state index in [4.69, 9.17) is 16.3 Å². The third-order valence-electron chi connectivity index (χ3n) is 8.10. The molecule has 1 amide bonds. The van der Waals surface area contributed by atoms with Crippen molar-refractivity contribution < 1.29 is 31.9 Å².